The molecular weight excluding hydrogens is 196 g/mol. The molecule has 3 unspecified atom stereocenters. The van der Waals surface area contributed by atoms with Gasteiger partial charge < -0.3 is 5.73 Å². The summed E-state index contributed by atoms with van der Waals surface area (Å²) in [5.74, 6) is 0. The Morgan fingerprint density at radius 3 is 2.56 bits per heavy atom. The zero-order valence-electron chi connectivity index (χ0n) is 11.2. The van der Waals surface area contributed by atoms with E-state index < -0.39 is 0 Å². The molecule has 0 spiro atoms. The van der Waals surface area contributed by atoms with Crippen LogP contribution in [0, 0.1) is 5.41 Å². The van der Waals surface area contributed by atoms with Crippen LogP contribution in [0.3, 0.4) is 0 Å². The number of likely N-dealkylation sites (tertiary alicyclic amines) is 1. The van der Waals surface area contributed by atoms with E-state index in [1.165, 1.54) is 38.5 Å². The van der Waals surface area contributed by atoms with E-state index in [4.69, 9.17) is 5.73 Å². The first-order valence-electron chi connectivity index (χ1n) is 7.01. The van der Waals surface area contributed by atoms with E-state index in [0.717, 1.165) is 18.6 Å². The van der Waals surface area contributed by atoms with Crippen molar-refractivity contribution < 1.29 is 0 Å². The summed E-state index contributed by atoms with van der Waals surface area (Å²) in [5.41, 5.74) is 6.51. The Bertz CT molecular complexity index is 237. The van der Waals surface area contributed by atoms with E-state index >= 15 is 0 Å². The normalized spacial score (nSPS) is 40.1. The zero-order valence-corrected chi connectivity index (χ0v) is 11.2. The van der Waals surface area contributed by atoms with Crippen molar-refractivity contribution >= 4 is 0 Å². The van der Waals surface area contributed by atoms with Crippen LogP contribution in [0.2, 0.25) is 0 Å². The zero-order chi connectivity index (χ0) is 11.8. The van der Waals surface area contributed by atoms with Crippen molar-refractivity contribution in [1.29, 1.82) is 0 Å². The maximum absolute atomic E-state index is 5.95. The second kappa shape index (κ2) is 4.66. The van der Waals surface area contributed by atoms with Gasteiger partial charge in [0.2, 0.25) is 0 Å². The molecule has 1 saturated carbocycles. The van der Waals surface area contributed by atoms with Gasteiger partial charge in [-0.25, -0.2) is 0 Å². The van der Waals surface area contributed by atoms with E-state index in [9.17, 15) is 0 Å². The van der Waals surface area contributed by atoms with Crippen molar-refractivity contribution in [3.63, 3.8) is 0 Å². The Morgan fingerprint density at radius 2 is 2.00 bits per heavy atom. The summed E-state index contributed by atoms with van der Waals surface area (Å²) in [4.78, 5) is 2.76. The van der Waals surface area contributed by atoms with Crippen molar-refractivity contribution in [3.05, 3.63) is 0 Å². The predicted octanol–water partition coefficient (Wildman–Crippen LogP) is 2.77. The highest BCUT2D eigenvalue weighted by atomic mass is 15.2. The molecule has 2 rings (SSSR count). The Morgan fingerprint density at radius 1 is 1.25 bits per heavy atom. The Kier molecular flexibility index (Phi) is 3.60. The second-order valence-electron chi connectivity index (χ2n) is 6.68. The summed E-state index contributed by atoms with van der Waals surface area (Å²) in [6, 6.07) is 2.21. The van der Waals surface area contributed by atoms with Crippen molar-refractivity contribution in [2.45, 2.75) is 77.4 Å². The first-order chi connectivity index (χ1) is 7.53. The van der Waals surface area contributed by atoms with Crippen molar-refractivity contribution in [1.82, 2.24) is 4.90 Å². The van der Waals surface area contributed by atoms with Crippen molar-refractivity contribution in [3.8, 4) is 0 Å². The van der Waals surface area contributed by atoms with Crippen LogP contribution in [0.1, 0.15) is 59.3 Å². The maximum Gasteiger partial charge on any atom is 0.0224 e. The molecule has 1 heterocycles. The van der Waals surface area contributed by atoms with Crippen molar-refractivity contribution in [2.75, 3.05) is 6.54 Å². The fourth-order valence-corrected chi connectivity index (χ4v) is 3.86. The molecule has 1 saturated heterocycles. The van der Waals surface area contributed by atoms with Gasteiger partial charge >= 0.3 is 0 Å². The SMILES string of the molecule is CC1CCCC(CN)N1C1CCC(C)(C)C1. The van der Waals surface area contributed by atoms with Crippen LogP contribution in [0.15, 0.2) is 0 Å². The van der Waals surface area contributed by atoms with Gasteiger partial charge in [0.25, 0.3) is 0 Å². The summed E-state index contributed by atoms with van der Waals surface area (Å²) in [6.45, 7) is 8.08. The molecule has 3 atom stereocenters. The lowest BCUT2D eigenvalue weighted by molar-refractivity contribution is 0.0482. The standard InChI is InChI=1S/C14H28N2/c1-11-5-4-6-13(10-15)16(11)12-7-8-14(2,3)9-12/h11-13H,4-10,15H2,1-3H3. The van der Waals surface area contributed by atoms with E-state index in [0.29, 0.717) is 11.5 Å². The summed E-state index contributed by atoms with van der Waals surface area (Å²) in [7, 11) is 0. The molecule has 0 radical (unpaired) electrons. The number of nitrogens with zero attached hydrogens (tertiary/aromatic N) is 1. The van der Waals surface area contributed by atoms with Crippen LogP contribution >= 0.6 is 0 Å². The molecule has 2 heteroatoms. The Balaban J connectivity index is 2.05. The average molecular weight is 224 g/mol. The molecule has 94 valence electrons. The maximum atomic E-state index is 5.95. The van der Waals surface area contributed by atoms with Crippen LogP contribution in [0.4, 0.5) is 0 Å². The van der Waals surface area contributed by atoms with Gasteiger partial charge in [-0.2, -0.15) is 0 Å². The molecule has 0 aromatic rings. The van der Waals surface area contributed by atoms with E-state index in [1.54, 1.807) is 0 Å². The highest BCUT2D eigenvalue weighted by Crippen LogP contribution is 2.42. The number of hydrogen-bond acceptors (Lipinski definition) is 2. The minimum atomic E-state index is 0.557. The molecule has 1 aliphatic heterocycles. The third-order valence-corrected chi connectivity index (χ3v) is 4.73. The van der Waals surface area contributed by atoms with Crippen molar-refractivity contribution in [2.24, 2.45) is 11.1 Å². The third kappa shape index (κ3) is 2.43. The highest BCUT2D eigenvalue weighted by Gasteiger charge is 2.39. The van der Waals surface area contributed by atoms with Gasteiger partial charge in [-0.1, -0.05) is 20.3 Å². The molecular formula is C14H28N2. The van der Waals surface area contributed by atoms with Crippen LogP contribution in [-0.2, 0) is 0 Å². The van der Waals surface area contributed by atoms with E-state index in [2.05, 4.69) is 25.7 Å². The summed E-state index contributed by atoms with van der Waals surface area (Å²) in [6.07, 6.45) is 8.20. The van der Waals surface area contributed by atoms with E-state index in [1.807, 2.05) is 0 Å². The number of rotatable bonds is 2. The Hall–Kier alpha value is -0.0800. The van der Waals surface area contributed by atoms with Crippen LogP contribution in [0.5, 0.6) is 0 Å². The smallest absolute Gasteiger partial charge is 0.0224 e. The van der Waals surface area contributed by atoms with Gasteiger partial charge in [0.05, 0.1) is 0 Å². The molecule has 0 aromatic heterocycles. The molecule has 16 heavy (non-hydrogen) atoms. The van der Waals surface area contributed by atoms with Gasteiger partial charge in [-0.05, 0) is 44.4 Å². The fraction of sp³-hybridized carbons (Fsp3) is 1.00. The molecule has 2 N–H and O–H groups in total. The summed E-state index contributed by atoms with van der Waals surface area (Å²) >= 11 is 0. The van der Waals surface area contributed by atoms with Gasteiger partial charge in [0.15, 0.2) is 0 Å². The third-order valence-electron chi connectivity index (χ3n) is 4.73. The number of nitrogens with two attached hydrogens (primary N) is 1. The number of piperidine rings is 1. The topological polar surface area (TPSA) is 29.3 Å². The molecule has 0 aromatic carbocycles. The first-order valence-corrected chi connectivity index (χ1v) is 7.01. The lowest BCUT2D eigenvalue weighted by Crippen LogP contribution is -2.53. The first kappa shape index (κ1) is 12.4. The van der Waals surface area contributed by atoms with Crippen LogP contribution in [0.25, 0.3) is 0 Å². The molecule has 0 amide bonds. The minimum absolute atomic E-state index is 0.557. The van der Waals surface area contributed by atoms with Gasteiger partial charge in [-0.3, -0.25) is 4.90 Å². The van der Waals surface area contributed by atoms with Gasteiger partial charge in [0.1, 0.15) is 0 Å². The quantitative estimate of drug-likeness (QED) is 0.781. The lowest BCUT2D eigenvalue weighted by atomic mass is 9.89. The lowest BCUT2D eigenvalue weighted by Gasteiger charge is -2.44. The molecule has 2 nitrogen and oxygen atoms in total. The predicted molar refractivity (Wildman–Crippen MR) is 69.4 cm³/mol. The fourth-order valence-electron chi connectivity index (χ4n) is 3.86. The molecule has 2 aliphatic rings. The van der Waals surface area contributed by atoms with Crippen LogP contribution < -0.4 is 5.73 Å². The monoisotopic (exact) mass is 224 g/mol. The van der Waals surface area contributed by atoms with Gasteiger partial charge in [-0.15, -0.1) is 0 Å². The largest absolute Gasteiger partial charge is 0.329 e. The molecule has 2 fully saturated rings. The van der Waals surface area contributed by atoms with Crippen LogP contribution in [-0.4, -0.2) is 29.6 Å². The number of hydrogen-bond donors (Lipinski definition) is 1. The highest BCUT2D eigenvalue weighted by molar-refractivity contribution is 4.94. The molecule has 1 aliphatic carbocycles. The second-order valence-corrected chi connectivity index (χ2v) is 6.68. The van der Waals surface area contributed by atoms with E-state index in [-0.39, 0.29) is 0 Å². The molecule has 0 bridgehead atoms. The Labute approximate surface area is 101 Å². The van der Waals surface area contributed by atoms with Gasteiger partial charge in [0, 0.05) is 24.7 Å². The summed E-state index contributed by atoms with van der Waals surface area (Å²) in [5, 5.41) is 0. The minimum Gasteiger partial charge on any atom is -0.329 e. The summed E-state index contributed by atoms with van der Waals surface area (Å²) < 4.78 is 0. The average Bonchev–Trinajstić information content (AvgIpc) is 2.58.